The highest BCUT2D eigenvalue weighted by molar-refractivity contribution is 7.22. The molecule has 1 aliphatic heterocycles. The minimum atomic E-state index is -2.67. The average molecular weight is 753 g/mol. The Morgan fingerprint density at radius 3 is 1.64 bits per heavy atom. The first-order chi connectivity index (χ1) is 28.8. The lowest BCUT2D eigenvalue weighted by Crippen LogP contribution is -2.72. The number of fused-ring (bicyclic) bond motifs is 13. The van der Waals surface area contributed by atoms with E-state index in [1.807, 2.05) is 0 Å². The lowest BCUT2D eigenvalue weighted by molar-refractivity contribution is 1.12. The Morgan fingerprint density at radius 1 is 0.362 bits per heavy atom. The standard InChI is InChI=1S/C55H36N2Si/c1-3-17-38(18-4-1)58(39-19-5-2-6-20-39)52-29-14-11-22-42(52)43-31-30-37(35-53(43)58)56-47-26-12-9-23-44(47)54-50(56)32-33-51-55(54)45-24-10-13-27-48(45)57(51)49-28-15-25-41-40-21-8-7-16-36(40)34-46(41)49/h1-33,35H,34H2. The Balaban J connectivity index is 1.11. The van der Waals surface area contributed by atoms with Gasteiger partial charge < -0.3 is 9.13 Å². The van der Waals surface area contributed by atoms with Gasteiger partial charge in [0.1, 0.15) is 0 Å². The van der Waals surface area contributed by atoms with Gasteiger partial charge in [0, 0.05) is 33.7 Å². The van der Waals surface area contributed by atoms with E-state index < -0.39 is 8.07 Å². The summed E-state index contributed by atoms with van der Waals surface area (Å²) in [4.78, 5) is 0. The van der Waals surface area contributed by atoms with E-state index in [2.05, 4.69) is 215 Å². The molecule has 2 nitrogen and oxygen atoms in total. The van der Waals surface area contributed by atoms with Gasteiger partial charge in [0.05, 0.1) is 27.8 Å². The fourth-order valence-corrected chi connectivity index (χ4v) is 16.2. The molecule has 0 N–H and O–H groups in total. The molecule has 0 bridgehead atoms. The van der Waals surface area contributed by atoms with Crippen molar-refractivity contribution in [2.75, 3.05) is 0 Å². The van der Waals surface area contributed by atoms with E-state index in [0.717, 1.165) is 6.42 Å². The van der Waals surface area contributed by atoms with Crippen LogP contribution in [0.3, 0.4) is 0 Å². The van der Waals surface area contributed by atoms with Gasteiger partial charge in [0.25, 0.3) is 0 Å². The quantitative estimate of drug-likeness (QED) is 0.159. The topological polar surface area (TPSA) is 9.86 Å². The molecule has 0 radical (unpaired) electrons. The zero-order chi connectivity index (χ0) is 38.0. The normalized spacial score (nSPS) is 13.6. The van der Waals surface area contributed by atoms with Gasteiger partial charge in [-0.25, -0.2) is 0 Å². The van der Waals surface area contributed by atoms with Gasteiger partial charge in [0.15, 0.2) is 8.07 Å². The molecule has 11 aromatic rings. The van der Waals surface area contributed by atoms with Crippen molar-refractivity contribution in [3.63, 3.8) is 0 Å². The summed E-state index contributed by atoms with van der Waals surface area (Å²) in [6.07, 6.45) is 0.941. The number of hydrogen-bond acceptors (Lipinski definition) is 0. The van der Waals surface area contributed by atoms with Crippen molar-refractivity contribution < 1.29 is 0 Å². The van der Waals surface area contributed by atoms with Gasteiger partial charge in [-0.15, -0.1) is 0 Å². The molecule has 3 heterocycles. The number of nitrogens with zero attached hydrogens (tertiary/aromatic N) is 2. The maximum Gasteiger partial charge on any atom is 0.180 e. The average Bonchev–Trinajstić information content (AvgIpc) is 4.02. The van der Waals surface area contributed by atoms with E-state index in [4.69, 9.17) is 0 Å². The van der Waals surface area contributed by atoms with Crippen molar-refractivity contribution in [3.05, 3.63) is 217 Å². The number of rotatable bonds is 4. The molecule has 58 heavy (non-hydrogen) atoms. The molecule has 0 saturated heterocycles. The summed E-state index contributed by atoms with van der Waals surface area (Å²) < 4.78 is 5.07. The molecule has 270 valence electrons. The lowest BCUT2D eigenvalue weighted by Gasteiger charge is -2.31. The second-order valence-electron chi connectivity index (χ2n) is 16.0. The zero-order valence-electron chi connectivity index (χ0n) is 31.7. The summed E-state index contributed by atoms with van der Waals surface area (Å²) >= 11 is 0. The maximum atomic E-state index is 2.55. The molecule has 0 spiro atoms. The third kappa shape index (κ3) is 4.10. The molecule has 1 aliphatic carbocycles. The summed E-state index contributed by atoms with van der Waals surface area (Å²) in [6.45, 7) is 0. The second-order valence-corrected chi connectivity index (χ2v) is 19.7. The predicted molar refractivity (Wildman–Crippen MR) is 246 cm³/mol. The Labute approximate surface area is 337 Å². The first-order valence-electron chi connectivity index (χ1n) is 20.3. The fourth-order valence-electron chi connectivity index (χ4n) is 11.0. The Morgan fingerprint density at radius 2 is 0.914 bits per heavy atom. The van der Waals surface area contributed by atoms with Crippen LogP contribution in [0.5, 0.6) is 0 Å². The smallest absolute Gasteiger partial charge is 0.180 e. The van der Waals surface area contributed by atoms with Gasteiger partial charge in [-0.1, -0.05) is 164 Å². The molecule has 2 aliphatic rings. The highest BCUT2D eigenvalue weighted by Crippen LogP contribution is 2.45. The SMILES string of the molecule is c1ccc([Si]2(c3ccccc3)c3ccccc3-c3ccc(-n4c5ccccc5c5c6c7ccccc7n(-c7cccc8c7Cc7ccccc7-8)c6ccc54)cc32)cc1. The van der Waals surface area contributed by atoms with Crippen LogP contribution in [0.4, 0.5) is 0 Å². The van der Waals surface area contributed by atoms with E-state index >= 15 is 0 Å². The number of hydrogen-bond donors (Lipinski definition) is 0. The minimum absolute atomic E-state index is 0.941. The summed E-state index contributed by atoms with van der Waals surface area (Å²) in [5.74, 6) is 0. The van der Waals surface area contributed by atoms with Crippen LogP contribution in [0.1, 0.15) is 11.1 Å². The van der Waals surface area contributed by atoms with Crippen molar-refractivity contribution in [2.45, 2.75) is 6.42 Å². The van der Waals surface area contributed by atoms with E-state index in [9.17, 15) is 0 Å². The Hall–Kier alpha value is -7.20. The van der Waals surface area contributed by atoms with Crippen LogP contribution in [0, 0.1) is 0 Å². The van der Waals surface area contributed by atoms with Gasteiger partial charge in [-0.2, -0.15) is 0 Å². The van der Waals surface area contributed by atoms with Crippen molar-refractivity contribution in [3.8, 4) is 33.6 Å². The third-order valence-electron chi connectivity index (χ3n) is 13.2. The van der Waals surface area contributed by atoms with Gasteiger partial charge in [0.2, 0.25) is 0 Å². The van der Waals surface area contributed by atoms with Crippen LogP contribution in [0.15, 0.2) is 206 Å². The van der Waals surface area contributed by atoms with Gasteiger partial charge in [-0.3, -0.25) is 0 Å². The van der Waals surface area contributed by atoms with Crippen LogP contribution in [0.25, 0.3) is 77.2 Å². The summed E-state index contributed by atoms with van der Waals surface area (Å²) in [6, 6.07) is 77.7. The summed E-state index contributed by atoms with van der Waals surface area (Å²) in [5, 5.41) is 10.9. The Kier molecular flexibility index (Phi) is 6.56. The Bertz CT molecular complexity index is 3440. The van der Waals surface area contributed by atoms with Gasteiger partial charge in [-0.05, 0) is 96.6 Å². The first kappa shape index (κ1) is 31.9. The molecule has 3 heteroatoms. The molecule has 0 amide bonds. The van der Waals surface area contributed by atoms with Crippen LogP contribution < -0.4 is 20.7 Å². The first-order valence-corrected chi connectivity index (χ1v) is 22.3. The van der Waals surface area contributed by atoms with E-state index in [0.29, 0.717) is 0 Å². The summed E-state index contributed by atoms with van der Waals surface area (Å²) in [7, 11) is -2.67. The molecule has 0 fully saturated rings. The van der Waals surface area contributed by atoms with Gasteiger partial charge >= 0.3 is 0 Å². The van der Waals surface area contributed by atoms with Crippen LogP contribution in [-0.4, -0.2) is 17.2 Å². The number of aromatic nitrogens is 2. The molecular weight excluding hydrogens is 717 g/mol. The molecule has 0 unspecified atom stereocenters. The van der Waals surface area contributed by atoms with E-state index in [-0.39, 0.29) is 0 Å². The van der Waals surface area contributed by atoms with E-state index in [1.165, 1.54) is 109 Å². The third-order valence-corrected chi connectivity index (χ3v) is 18.1. The number of benzene rings is 9. The largest absolute Gasteiger partial charge is 0.309 e. The molecule has 13 rings (SSSR count). The summed E-state index contributed by atoms with van der Waals surface area (Å²) in [5.41, 5.74) is 15.6. The molecule has 2 aromatic heterocycles. The van der Waals surface area contributed by atoms with Crippen molar-refractivity contribution >= 4 is 72.4 Å². The second kappa shape index (κ2) is 11.9. The molecule has 0 saturated carbocycles. The van der Waals surface area contributed by atoms with Crippen molar-refractivity contribution in [1.29, 1.82) is 0 Å². The van der Waals surface area contributed by atoms with Crippen LogP contribution >= 0.6 is 0 Å². The fraction of sp³-hybridized carbons (Fsp3) is 0.0182. The molecule has 9 aromatic carbocycles. The van der Waals surface area contributed by atoms with Crippen LogP contribution in [-0.2, 0) is 6.42 Å². The van der Waals surface area contributed by atoms with E-state index in [1.54, 1.807) is 0 Å². The molecule has 0 atom stereocenters. The zero-order valence-corrected chi connectivity index (χ0v) is 32.7. The lowest BCUT2D eigenvalue weighted by atomic mass is 10.0. The maximum absolute atomic E-state index is 2.67. The highest BCUT2D eigenvalue weighted by atomic mass is 28.3. The highest BCUT2D eigenvalue weighted by Gasteiger charge is 2.48. The number of para-hydroxylation sites is 2. The minimum Gasteiger partial charge on any atom is -0.309 e. The van der Waals surface area contributed by atoms with Crippen molar-refractivity contribution in [2.24, 2.45) is 0 Å². The molecular formula is C55H36N2Si. The monoisotopic (exact) mass is 752 g/mol. The predicted octanol–water partition coefficient (Wildman–Crippen LogP) is 10.8. The van der Waals surface area contributed by atoms with Crippen molar-refractivity contribution in [1.82, 2.24) is 9.13 Å². The van der Waals surface area contributed by atoms with Crippen LogP contribution in [0.2, 0.25) is 0 Å².